The number of aryl methyl sites for hydroxylation is 1. The molecule has 1 amide bonds. The Hall–Kier alpha value is -2.64. The van der Waals surface area contributed by atoms with Crippen molar-refractivity contribution in [3.63, 3.8) is 0 Å². The molecule has 0 bridgehead atoms. The molecular formula is C10H11N5O3. The van der Waals surface area contributed by atoms with Gasteiger partial charge in [-0.15, -0.1) is 0 Å². The molecule has 18 heavy (non-hydrogen) atoms. The van der Waals surface area contributed by atoms with Crippen LogP contribution in [0.25, 0.3) is 0 Å². The molecule has 0 aliphatic heterocycles. The highest BCUT2D eigenvalue weighted by molar-refractivity contribution is 6.03. The highest BCUT2D eigenvalue weighted by Crippen LogP contribution is 2.06. The molecule has 94 valence electrons. The van der Waals surface area contributed by atoms with E-state index in [9.17, 15) is 14.4 Å². The number of aromatic amines is 3. The molecule has 2 heterocycles. The number of hydrogen-bond acceptors (Lipinski definition) is 4. The molecule has 4 N–H and O–H groups in total. The summed E-state index contributed by atoms with van der Waals surface area (Å²) < 4.78 is 0. The molecule has 0 aliphatic rings. The van der Waals surface area contributed by atoms with Gasteiger partial charge in [0.15, 0.2) is 5.82 Å². The fourth-order valence-corrected chi connectivity index (χ4v) is 1.37. The first kappa shape index (κ1) is 11.8. The number of carbonyl (C=O) groups excluding carboxylic acids is 1. The van der Waals surface area contributed by atoms with Crippen molar-refractivity contribution in [2.45, 2.75) is 13.3 Å². The SMILES string of the molecule is CCc1cc(NC(=O)c2c[nH]c(=O)[nH]c2=O)n[nH]1. The summed E-state index contributed by atoms with van der Waals surface area (Å²) in [4.78, 5) is 38.1. The van der Waals surface area contributed by atoms with Crippen LogP contribution in [0.1, 0.15) is 23.0 Å². The molecule has 0 atom stereocenters. The average Bonchev–Trinajstić information content (AvgIpc) is 2.76. The molecule has 2 rings (SSSR count). The topological polar surface area (TPSA) is 124 Å². The molecule has 8 heteroatoms. The lowest BCUT2D eigenvalue weighted by Gasteiger charge is -1.99. The van der Waals surface area contributed by atoms with E-state index >= 15 is 0 Å². The zero-order valence-electron chi connectivity index (χ0n) is 9.53. The zero-order valence-corrected chi connectivity index (χ0v) is 9.53. The Morgan fingerprint density at radius 2 is 2.22 bits per heavy atom. The lowest BCUT2D eigenvalue weighted by atomic mass is 10.3. The van der Waals surface area contributed by atoms with Crippen molar-refractivity contribution in [3.8, 4) is 0 Å². The molecule has 0 radical (unpaired) electrons. The quantitative estimate of drug-likeness (QED) is 0.590. The van der Waals surface area contributed by atoms with Gasteiger partial charge in [-0.25, -0.2) is 4.79 Å². The second-order valence-corrected chi connectivity index (χ2v) is 3.57. The van der Waals surface area contributed by atoms with E-state index in [-0.39, 0.29) is 5.56 Å². The molecule has 8 nitrogen and oxygen atoms in total. The number of H-pyrrole nitrogens is 3. The summed E-state index contributed by atoms with van der Waals surface area (Å²) in [5, 5.41) is 9.04. The molecule has 2 aromatic rings. The van der Waals surface area contributed by atoms with E-state index in [0.717, 1.165) is 18.3 Å². The van der Waals surface area contributed by atoms with Gasteiger partial charge in [0.2, 0.25) is 0 Å². The number of carbonyl (C=O) groups is 1. The predicted molar refractivity (Wildman–Crippen MR) is 63.6 cm³/mol. The third-order valence-corrected chi connectivity index (χ3v) is 2.32. The van der Waals surface area contributed by atoms with Crippen molar-refractivity contribution in [2.24, 2.45) is 0 Å². The Kier molecular flexibility index (Phi) is 3.09. The van der Waals surface area contributed by atoms with Crippen LogP contribution in [0, 0.1) is 0 Å². The average molecular weight is 249 g/mol. The van der Waals surface area contributed by atoms with E-state index in [1.165, 1.54) is 0 Å². The van der Waals surface area contributed by atoms with Crippen LogP contribution in [-0.4, -0.2) is 26.1 Å². The van der Waals surface area contributed by atoms with Gasteiger partial charge in [-0.3, -0.25) is 19.7 Å². The van der Waals surface area contributed by atoms with Crippen LogP contribution in [0.4, 0.5) is 5.82 Å². The van der Waals surface area contributed by atoms with Crippen LogP contribution in [0.15, 0.2) is 21.9 Å². The second-order valence-electron chi connectivity index (χ2n) is 3.57. The number of hydrogen-bond donors (Lipinski definition) is 4. The molecule has 0 spiro atoms. The summed E-state index contributed by atoms with van der Waals surface area (Å²) in [6.45, 7) is 1.94. The Morgan fingerprint density at radius 3 is 2.83 bits per heavy atom. The number of nitrogens with zero attached hydrogens (tertiary/aromatic N) is 1. The third-order valence-electron chi connectivity index (χ3n) is 2.32. The maximum absolute atomic E-state index is 11.7. The Labute approximate surface area is 100 Å². The largest absolute Gasteiger partial charge is 0.325 e. The summed E-state index contributed by atoms with van der Waals surface area (Å²) >= 11 is 0. The van der Waals surface area contributed by atoms with Crippen LogP contribution >= 0.6 is 0 Å². The van der Waals surface area contributed by atoms with E-state index in [1.54, 1.807) is 6.07 Å². The first-order valence-corrected chi connectivity index (χ1v) is 5.27. The van der Waals surface area contributed by atoms with E-state index in [0.29, 0.717) is 5.82 Å². The molecule has 0 saturated carbocycles. The van der Waals surface area contributed by atoms with Crippen LogP contribution < -0.4 is 16.6 Å². The predicted octanol–water partition coefficient (Wildman–Crippen LogP) is -0.399. The Balaban J connectivity index is 2.21. The van der Waals surface area contributed by atoms with Gasteiger partial charge >= 0.3 is 5.69 Å². The Morgan fingerprint density at radius 1 is 1.44 bits per heavy atom. The van der Waals surface area contributed by atoms with Gasteiger partial charge in [0, 0.05) is 18.0 Å². The van der Waals surface area contributed by atoms with E-state index in [4.69, 9.17) is 0 Å². The standard InChI is InChI=1S/C10H11N5O3/c1-2-5-3-7(15-14-5)12-8(16)6-4-11-10(18)13-9(6)17/h3-4H,2H2,1H3,(H2,11,13,17,18)(H2,12,14,15,16). The van der Waals surface area contributed by atoms with Crippen molar-refractivity contribution in [2.75, 3.05) is 5.32 Å². The summed E-state index contributed by atoms with van der Waals surface area (Å²) in [7, 11) is 0. The highest BCUT2D eigenvalue weighted by Gasteiger charge is 2.12. The van der Waals surface area contributed by atoms with Crippen molar-refractivity contribution in [1.29, 1.82) is 0 Å². The minimum atomic E-state index is -0.748. The molecule has 0 saturated heterocycles. The molecule has 0 aromatic carbocycles. The van der Waals surface area contributed by atoms with Crippen LogP contribution in [-0.2, 0) is 6.42 Å². The van der Waals surface area contributed by atoms with Gasteiger partial charge in [-0.2, -0.15) is 5.10 Å². The second kappa shape index (κ2) is 4.70. The number of anilines is 1. The van der Waals surface area contributed by atoms with Gasteiger partial charge in [-0.05, 0) is 6.42 Å². The third kappa shape index (κ3) is 2.37. The summed E-state index contributed by atoms with van der Waals surface area (Å²) in [5.41, 5.74) is -0.733. The summed E-state index contributed by atoms with van der Waals surface area (Å²) in [5.74, 6) is -0.316. The first-order chi connectivity index (χ1) is 8.60. The van der Waals surface area contributed by atoms with Crippen molar-refractivity contribution in [3.05, 3.63) is 44.4 Å². The van der Waals surface area contributed by atoms with Crippen molar-refractivity contribution < 1.29 is 4.79 Å². The molecule has 0 unspecified atom stereocenters. The van der Waals surface area contributed by atoms with Crippen LogP contribution in [0.5, 0.6) is 0 Å². The van der Waals surface area contributed by atoms with Gasteiger partial charge < -0.3 is 10.3 Å². The fourth-order valence-electron chi connectivity index (χ4n) is 1.37. The number of amides is 1. The minimum absolute atomic E-state index is 0.185. The molecular weight excluding hydrogens is 238 g/mol. The van der Waals surface area contributed by atoms with Gasteiger partial charge in [0.05, 0.1) is 0 Å². The van der Waals surface area contributed by atoms with E-state index in [2.05, 4.69) is 20.5 Å². The highest BCUT2D eigenvalue weighted by atomic mass is 16.2. The lowest BCUT2D eigenvalue weighted by molar-refractivity contribution is 0.102. The number of aromatic nitrogens is 4. The monoisotopic (exact) mass is 249 g/mol. The maximum atomic E-state index is 11.7. The molecule has 2 aromatic heterocycles. The van der Waals surface area contributed by atoms with Crippen molar-refractivity contribution in [1.82, 2.24) is 20.2 Å². The number of nitrogens with one attached hydrogen (secondary N) is 4. The normalized spacial score (nSPS) is 10.3. The zero-order chi connectivity index (χ0) is 13.1. The first-order valence-electron chi connectivity index (χ1n) is 5.27. The van der Waals surface area contributed by atoms with Gasteiger partial charge in [0.25, 0.3) is 11.5 Å². The molecule has 0 fully saturated rings. The molecule has 0 aliphatic carbocycles. The minimum Gasteiger partial charge on any atom is -0.313 e. The lowest BCUT2D eigenvalue weighted by Crippen LogP contribution is -2.29. The van der Waals surface area contributed by atoms with Crippen LogP contribution in [0.3, 0.4) is 0 Å². The van der Waals surface area contributed by atoms with Gasteiger partial charge in [0.1, 0.15) is 5.56 Å². The smallest absolute Gasteiger partial charge is 0.313 e. The maximum Gasteiger partial charge on any atom is 0.325 e. The van der Waals surface area contributed by atoms with E-state index < -0.39 is 17.2 Å². The van der Waals surface area contributed by atoms with Crippen molar-refractivity contribution >= 4 is 11.7 Å². The van der Waals surface area contributed by atoms with Crippen LogP contribution in [0.2, 0.25) is 0 Å². The van der Waals surface area contributed by atoms with Gasteiger partial charge in [-0.1, -0.05) is 6.92 Å². The summed E-state index contributed by atoms with van der Waals surface area (Å²) in [6.07, 6.45) is 1.81. The fraction of sp³-hybridized carbons (Fsp3) is 0.200. The van der Waals surface area contributed by atoms with E-state index in [1.807, 2.05) is 11.9 Å². The Bertz CT molecular complexity index is 681. The summed E-state index contributed by atoms with van der Waals surface area (Å²) in [6, 6.07) is 1.66. The number of rotatable bonds is 3.